The van der Waals surface area contributed by atoms with Gasteiger partial charge >= 0.3 is 0 Å². The first-order valence-corrected chi connectivity index (χ1v) is 6.50. The maximum Gasteiger partial charge on any atom is 0.139 e. The van der Waals surface area contributed by atoms with Crippen LogP contribution in [0.5, 0.6) is 0 Å². The molecule has 3 aliphatic heterocycles. The molecule has 0 spiro atoms. The summed E-state index contributed by atoms with van der Waals surface area (Å²) in [6.07, 6.45) is 2.50. The summed E-state index contributed by atoms with van der Waals surface area (Å²) in [5.41, 5.74) is 0.459. The molecule has 0 saturated carbocycles. The van der Waals surface area contributed by atoms with Gasteiger partial charge in [0.25, 0.3) is 0 Å². The van der Waals surface area contributed by atoms with E-state index in [1.807, 2.05) is 23.5 Å². The third kappa shape index (κ3) is 0.656. The van der Waals surface area contributed by atoms with Crippen molar-refractivity contribution in [3.63, 3.8) is 0 Å². The third-order valence-corrected chi connectivity index (χ3v) is 7.86. The van der Waals surface area contributed by atoms with Gasteiger partial charge in [0.15, 0.2) is 0 Å². The van der Waals surface area contributed by atoms with E-state index in [-0.39, 0.29) is 9.01 Å². The van der Waals surface area contributed by atoms with Crippen molar-refractivity contribution in [3.05, 3.63) is 0 Å². The second kappa shape index (κ2) is 2.00. The molecule has 3 aliphatic rings. The molecule has 0 N–H and O–H groups in total. The van der Waals surface area contributed by atoms with Gasteiger partial charge in [-0.2, -0.15) is 12.6 Å². The number of thiol groups is 1. The Morgan fingerprint density at radius 2 is 2.33 bits per heavy atom. The first-order chi connectivity index (χ1) is 5.58. The second-order valence-corrected chi connectivity index (χ2v) is 7.86. The topological polar surface area (TPSA) is 9.23 Å². The summed E-state index contributed by atoms with van der Waals surface area (Å²) in [5, 5.41) is 0. The molecule has 0 bridgehead atoms. The van der Waals surface area contributed by atoms with Gasteiger partial charge in [0, 0.05) is 0 Å². The minimum atomic E-state index is 0.0429. The number of fused-ring (bicyclic) bond motifs is 3. The molecule has 68 valence electrons. The number of hydrogen-bond donors (Lipinski definition) is 1. The molecule has 3 heterocycles. The van der Waals surface area contributed by atoms with Crippen molar-refractivity contribution in [3.8, 4) is 0 Å². The van der Waals surface area contributed by atoms with Crippen molar-refractivity contribution in [2.24, 2.45) is 0 Å². The maximum absolute atomic E-state index is 5.91. The lowest BCUT2D eigenvalue weighted by molar-refractivity contribution is 0.101. The SMILES string of the molecule is CCCC12SC1OC1(C)SC12S. The average molecular weight is 220 g/mol. The molecule has 0 aromatic carbocycles. The molecule has 12 heavy (non-hydrogen) atoms. The van der Waals surface area contributed by atoms with E-state index < -0.39 is 0 Å². The van der Waals surface area contributed by atoms with Gasteiger partial charge in [-0.25, -0.2) is 0 Å². The van der Waals surface area contributed by atoms with E-state index in [1.54, 1.807) is 0 Å². The number of rotatable bonds is 2. The monoisotopic (exact) mass is 220 g/mol. The van der Waals surface area contributed by atoms with Crippen LogP contribution in [0.2, 0.25) is 0 Å². The van der Waals surface area contributed by atoms with Crippen LogP contribution in [0, 0.1) is 0 Å². The smallest absolute Gasteiger partial charge is 0.139 e. The van der Waals surface area contributed by atoms with Crippen LogP contribution in [0.4, 0.5) is 0 Å². The maximum atomic E-state index is 5.91. The number of ether oxygens (including phenoxy) is 1. The molecule has 4 unspecified atom stereocenters. The zero-order valence-corrected chi connectivity index (χ0v) is 9.69. The van der Waals surface area contributed by atoms with E-state index in [1.165, 1.54) is 12.8 Å². The molecule has 0 aliphatic carbocycles. The Morgan fingerprint density at radius 3 is 2.83 bits per heavy atom. The summed E-state index contributed by atoms with van der Waals surface area (Å²) >= 11 is 8.65. The van der Waals surface area contributed by atoms with Crippen LogP contribution in [0.3, 0.4) is 0 Å². The molecule has 4 atom stereocenters. The molecule has 0 aromatic heterocycles. The number of hydrogen-bond acceptors (Lipinski definition) is 4. The van der Waals surface area contributed by atoms with Crippen molar-refractivity contribution in [2.45, 2.75) is 45.9 Å². The van der Waals surface area contributed by atoms with Crippen molar-refractivity contribution in [2.75, 3.05) is 0 Å². The standard InChI is InChI=1S/C8H12OS3/c1-3-4-7-5(11-7)9-6(2)8(7,10)12-6/h5,10H,3-4H2,1-2H3. The lowest BCUT2D eigenvalue weighted by Crippen LogP contribution is -2.28. The fourth-order valence-corrected chi connectivity index (χ4v) is 6.63. The molecule has 4 heteroatoms. The minimum Gasteiger partial charge on any atom is -0.347 e. The van der Waals surface area contributed by atoms with Crippen LogP contribution in [0.15, 0.2) is 0 Å². The van der Waals surface area contributed by atoms with Crippen LogP contribution >= 0.6 is 36.2 Å². The van der Waals surface area contributed by atoms with Gasteiger partial charge in [-0.3, -0.25) is 0 Å². The quantitative estimate of drug-likeness (QED) is 0.566. The first-order valence-electron chi connectivity index (χ1n) is 4.36. The summed E-state index contributed by atoms with van der Waals surface area (Å²) < 4.78 is 6.40. The summed E-state index contributed by atoms with van der Waals surface area (Å²) in [7, 11) is 0. The van der Waals surface area contributed by atoms with E-state index in [0.717, 1.165) is 0 Å². The predicted molar refractivity (Wildman–Crippen MR) is 57.8 cm³/mol. The summed E-state index contributed by atoms with van der Waals surface area (Å²) in [5.74, 6) is 0. The van der Waals surface area contributed by atoms with Gasteiger partial charge in [-0.1, -0.05) is 13.3 Å². The molecule has 3 saturated heterocycles. The highest BCUT2D eigenvalue weighted by molar-refractivity contribution is 8.23. The van der Waals surface area contributed by atoms with Gasteiger partial charge in [0.2, 0.25) is 0 Å². The Labute approximate surface area is 86.8 Å². The molecule has 0 aromatic rings. The predicted octanol–water partition coefficient (Wildman–Crippen LogP) is 2.72. The minimum absolute atomic E-state index is 0.0429. The third-order valence-electron chi connectivity index (χ3n) is 3.08. The summed E-state index contributed by atoms with van der Waals surface area (Å²) in [6.45, 7) is 4.42. The summed E-state index contributed by atoms with van der Waals surface area (Å²) in [4.78, 5) is 0.0429. The van der Waals surface area contributed by atoms with E-state index >= 15 is 0 Å². The lowest BCUT2D eigenvalue weighted by Gasteiger charge is -2.15. The van der Waals surface area contributed by atoms with Crippen molar-refractivity contribution < 1.29 is 4.74 Å². The zero-order valence-electron chi connectivity index (χ0n) is 7.16. The fourth-order valence-electron chi connectivity index (χ4n) is 2.27. The Balaban J connectivity index is 1.92. The normalized spacial score (nSPS) is 65.8. The highest BCUT2D eigenvalue weighted by atomic mass is 32.2. The molecule has 0 amide bonds. The van der Waals surface area contributed by atoms with Crippen LogP contribution in [0.25, 0.3) is 0 Å². The van der Waals surface area contributed by atoms with E-state index in [0.29, 0.717) is 10.2 Å². The van der Waals surface area contributed by atoms with Gasteiger partial charge in [-0.15, -0.1) is 23.5 Å². The molecular weight excluding hydrogens is 208 g/mol. The lowest BCUT2D eigenvalue weighted by atomic mass is 10.00. The second-order valence-electron chi connectivity index (χ2n) is 3.90. The summed E-state index contributed by atoms with van der Waals surface area (Å²) in [6, 6.07) is 0. The molecule has 0 radical (unpaired) electrons. The van der Waals surface area contributed by atoms with Gasteiger partial charge in [-0.05, 0) is 13.3 Å². The van der Waals surface area contributed by atoms with Crippen molar-refractivity contribution >= 4 is 36.2 Å². The van der Waals surface area contributed by atoms with E-state index in [9.17, 15) is 0 Å². The van der Waals surface area contributed by atoms with Crippen molar-refractivity contribution in [1.29, 1.82) is 0 Å². The van der Waals surface area contributed by atoms with Crippen LogP contribution in [0.1, 0.15) is 26.7 Å². The molecule has 1 nitrogen and oxygen atoms in total. The van der Waals surface area contributed by atoms with Crippen LogP contribution in [-0.4, -0.2) is 19.2 Å². The fraction of sp³-hybridized carbons (Fsp3) is 1.00. The van der Waals surface area contributed by atoms with Gasteiger partial charge < -0.3 is 4.74 Å². The van der Waals surface area contributed by atoms with E-state index in [2.05, 4.69) is 13.8 Å². The Kier molecular flexibility index (Phi) is 1.39. The van der Waals surface area contributed by atoms with Crippen molar-refractivity contribution in [1.82, 2.24) is 0 Å². The Morgan fingerprint density at radius 1 is 1.58 bits per heavy atom. The zero-order chi connectivity index (χ0) is 8.61. The highest BCUT2D eigenvalue weighted by Gasteiger charge is 2.90. The van der Waals surface area contributed by atoms with Crippen LogP contribution < -0.4 is 0 Å². The van der Waals surface area contributed by atoms with Gasteiger partial charge in [0.05, 0.1) is 4.75 Å². The molecule has 3 fully saturated rings. The molecular formula is C8H12OS3. The molecule has 3 rings (SSSR count). The van der Waals surface area contributed by atoms with E-state index in [4.69, 9.17) is 17.4 Å². The Hall–Kier alpha value is 1.01. The largest absolute Gasteiger partial charge is 0.347 e. The average Bonchev–Trinajstić information content (AvgIpc) is 2.75. The highest BCUT2D eigenvalue weighted by Crippen LogP contribution is 2.88. The van der Waals surface area contributed by atoms with Gasteiger partial charge in [0.1, 0.15) is 14.4 Å². The van der Waals surface area contributed by atoms with Crippen LogP contribution in [-0.2, 0) is 4.74 Å². The number of thioether (sulfide) groups is 2. The first kappa shape index (κ1) is 8.33. The Bertz CT molecular complexity index is 259.